The molecule has 1 fully saturated rings. The Balaban J connectivity index is 0.00000161. The molecule has 1 saturated heterocycles. The molecule has 1 aliphatic rings. The van der Waals surface area contributed by atoms with E-state index in [1.165, 1.54) is 19.3 Å². The number of halogens is 1. The van der Waals surface area contributed by atoms with Gasteiger partial charge >= 0.3 is 0 Å². The van der Waals surface area contributed by atoms with Crippen molar-refractivity contribution in [3.63, 3.8) is 0 Å². The number of nitrogens with two attached hydrogens (primary N) is 1. The lowest BCUT2D eigenvalue weighted by atomic mass is 9.99. The van der Waals surface area contributed by atoms with Crippen molar-refractivity contribution in [2.24, 2.45) is 5.73 Å². The normalized spacial score (nSPS) is 19.4. The molecule has 3 heterocycles. The first-order chi connectivity index (χ1) is 9.86. The smallest absolute Gasteiger partial charge is 0.241 e. The molecule has 2 aromatic rings. The van der Waals surface area contributed by atoms with Crippen LogP contribution in [0.2, 0.25) is 0 Å². The quantitative estimate of drug-likeness (QED) is 0.914. The van der Waals surface area contributed by atoms with Gasteiger partial charge in [-0.2, -0.15) is 16.3 Å². The van der Waals surface area contributed by atoms with Crippen LogP contribution in [0.4, 0.5) is 0 Å². The molecule has 3 rings (SSSR count). The Kier molecular flexibility index (Phi) is 6.17. The van der Waals surface area contributed by atoms with Crippen molar-refractivity contribution < 1.29 is 4.52 Å². The highest BCUT2D eigenvalue weighted by Crippen LogP contribution is 2.23. The SMILES string of the molecule is Cl.NCCC1CCCCN1Cc1nc(-c2ccsc2)no1. The molecular weight excluding hydrogens is 308 g/mol. The molecule has 1 unspecified atom stereocenters. The molecule has 5 nitrogen and oxygen atoms in total. The summed E-state index contributed by atoms with van der Waals surface area (Å²) in [5, 5.41) is 8.12. The molecule has 0 radical (unpaired) electrons. The third-order valence-corrected chi connectivity index (χ3v) is 4.52. The fourth-order valence-electron chi connectivity index (χ4n) is 2.79. The van der Waals surface area contributed by atoms with Crippen LogP contribution in [0.5, 0.6) is 0 Å². The summed E-state index contributed by atoms with van der Waals surface area (Å²) in [6.45, 7) is 2.58. The third kappa shape index (κ3) is 4.03. The fraction of sp³-hybridized carbons (Fsp3) is 0.571. The van der Waals surface area contributed by atoms with Crippen molar-refractivity contribution in [3.8, 4) is 11.4 Å². The second-order valence-corrected chi connectivity index (χ2v) is 6.00. The van der Waals surface area contributed by atoms with E-state index in [1.807, 2.05) is 16.8 Å². The summed E-state index contributed by atoms with van der Waals surface area (Å²) in [5.41, 5.74) is 6.74. The molecule has 21 heavy (non-hydrogen) atoms. The van der Waals surface area contributed by atoms with Crippen LogP contribution in [0.1, 0.15) is 31.6 Å². The number of piperidine rings is 1. The van der Waals surface area contributed by atoms with E-state index in [9.17, 15) is 0 Å². The molecule has 0 spiro atoms. The van der Waals surface area contributed by atoms with Gasteiger partial charge in [0.05, 0.1) is 6.54 Å². The van der Waals surface area contributed by atoms with Crippen LogP contribution in [-0.2, 0) is 6.54 Å². The summed E-state index contributed by atoms with van der Waals surface area (Å²) < 4.78 is 5.39. The number of nitrogens with zero attached hydrogens (tertiary/aromatic N) is 3. The lowest BCUT2D eigenvalue weighted by Crippen LogP contribution is -2.40. The van der Waals surface area contributed by atoms with Crippen molar-refractivity contribution in [2.45, 2.75) is 38.3 Å². The minimum absolute atomic E-state index is 0. The molecule has 1 aliphatic heterocycles. The second kappa shape index (κ2) is 7.89. The van der Waals surface area contributed by atoms with Gasteiger partial charge in [-0.3, -0.25) is 4.90 Å². The highest BCUT2D eigenvalue weighted by atomic mass is 35.5. The van der Waals surface area contributed by atoms with Crippen LogP contribution in [-0.4, -0.2) is 34.2 Å². The second-order valence-electron chi connectivity index (χ2n) is 5.22. The van der Waals surface area contributed by atoms with E-state index in [4.69, 9.17) is 10.3 Å². The van der Waals surface area contributed by atoms with Crippen LogP contribution in [0.3, 0.4) is 0 Å². The summed E-state index contributed by atoms with van der Waals surface area (Å²) in [7, 11) is 0. The molecule has 0 aromatic carbocycles. The Morgan fingerprint density at radius 1 is 1.43 bits per heavy atom. The number of thiophene rings is 1. The van der Waals surface area contributed by atoms with E-state index in [-0.39, 0.29) is 12.4 Å². The highest BCUT2D eigenvalue weighted by molar-refractivity contribution is 7.08. The molecule has 0 saturated carbocycles. The van der Waals surface area contributed by atoms with Crippen molar-refractivity contribution in [3.05, 3.63) is 22.7 Å². The van der Waals surface area contributed by atoms with Gasteiger partial charge in [0, 0.05) is 17.0 Å². The molecule has 0 bridgehead atoms. The maximum atomic E-state index is 5.71. The number of hydrogen-bond donors (Lipinski definition) is 1. The Morgan fingerprint density at radius 2 is 2.33 bits per heavy atom. The predicted molar refractivity (Wildman–Crippen MR) is 86.6 cm³/mol. The predicted octanol–water partition coefficient (Wildman–Crippen LogP) is 2.92. The van der Waals surface area contributed by atoms with Gasteiger partial charge in [0.1, 0.15) is 0 Å². The molecular formula is C14H21ClN4OS. The third-order valence-electron chi connectivity index (χ3n) is 3.83. The van der Waals surface area contributed by atoms with Crippen LogP contribution in [0.15, 0.2) is 21.3 Å². The van der Waals surface area contributed by atoms with Crippen molar-refractivity contribution in [1.82, 2.24) is 15.0 Å². The Bertz CT molecular complexity index is 529. The Labute approximate surface area is 134 Å². The molecule has 0 aliphatic carbocycles. The zero-order valence-electron chi connectivity index (χ0n) is 11.9. The number of rotatable bonds is 5. The summed E-state index contributed by atoms with van der Waals surface area (Å²) in [5.74, 6) is 1.39. The maximum absolute atomic E-state index is 5.71. The number of hydrogen-bond acceptors (Lipinski definition) is 6. The zero-order chi connectivity index (χ0) is 13.8. The van der Waals surface area contributed by atoms with Gasteiger partial charge in [-0.15, -0.1) is 12.4 Å². The van der Waals surface area contributed by atoms with E-state index in [0.29, 0.717) is 17.8 Å². The summed E-state index contributed by atoms with van der Waals surface area (Å²) in [6.07, 6.45) is 4.81. The van der Waals surface area contributed by atoms with Crippen molar-refractivity contribution in [1.29, 1.82) is 0 Å². The lowest BCUT2D eigenvalue weighted by molar-refractivity contribution is 0.118. The van der Waals surface area contributed by atoms with Crippen molar-refractivity contribution >= 4 is 23.7 Å². The summed E-state index contributed by atoms with van der Waals surface area (Å²) in [4.78, 5) is 6.93. The first-order valence-electron chi connectivity index (χ1n) is 7.16. The van der Waals surface area contributed by atoms with Gasteiger partial charge in [-0.25, -0.2) is 0 Å². The average molecular weight is 329 g/mol. The molecule has 116 valence electrons. The molecule has 2 N–H and O–H groups in total. The van der Waals surface area contributed by atoms with E-state index < -0.39 is 0 Å². The van der Waals surface area contributed by atoms with Crippen molar-refractivity contribution in [2.75, 3.05) is 13.1 Å². The number of aromatic nitrogens is 2. The minimum atomic E-state index is 0. The van der Waals surface area contributed by atoms with Crippen LogP contribution in [0.25, 0.3) is 11.4 Å². The van der Waals surface area contributed by atoms with Gasteiger partial charge in [-0.05, 0) is 43.8 Å². The molecule has 1 atom stereocenters. The lowest BCUT2D eigenvalue weighted by Gasteiger charge is -2.34. The number of likely N-dealkylation sites (tertiary alicyclic amines) is 1. The van der Waals surface area contributed by atoms with E-state index >= 15 is 0 Å². The van der Waals surface area contributed by atoms with Gasteiger partial charge in [0.15, 0.2) is 0 Å². The first kappa shape index (κ1) is 16.4. The van der Waals surface area contributed by atoms with Gasteiger partial charge < -0.3 is 10.3 Å². The monoisotopic (exact) mass is 328 g/mol. The van der Waals surface area contributed by atoms with Crippen LogP contribution >= 0.6 is 23.7 Å². The average Bonchev–Trinajstić information content (AvgIpc) is 3.12. The van der Waals surface area contributed by atoms with Gasteiger partial charge in [-0.1, -0.05) is 11.6 Å². The fourth-order valence-corrected chi connectivity index (χ4v) is 3.42. The van der Waals surface area contributed by atoms with E-state index in [0.717, 1.165) is 31.6 Å². The van der Waals surface area contributed by atoms with Gasteiger partial charge in [0.25, 0.3) is 0 Å². The minimum Gasteiger partial charge on any atom is -0.338 e. The highest BCUT2D eigenvalue weighted by Gasteiger charge is 2.23. The molecule has 0 amide bonds. The molecule has 2 aromatic heterocycles. The summed E-state index contributed by atoms with van der Waals surface area (Å²) in [6, 6.07) is 2.57. The topological polar surface area (TPSA) is 68.2 Å². The molecule has 7 heteroatoms. The Hall–Kier alpha value is -0.950. The maximum Gasteiger partial charge on any atom is 0.241 e. The van der Waals surface area contributed by atoms with E-state index in [1.54, 1.807) is 11.3 Å². The largest absolute Gasteiger partial charge is 0.338 e. The Morgan fingerprint density at radius 3 is 3.10 bits per heavy atom. The van der Waals surface area contributed by atoms with Crippen LogP contribution in [0, 0.1) is 0 Å². The van der Waals surface area contributed by atoms with E-state index in [2.05, 4.69) is 15.0 Å². The summed E-state index contributed by atoms with van der Waals surface area (Å²) >= 11 is 1.64. The standard InChI is InChI=1S/C14H20N4OS.ClH/c15-6-4-12-3-1-2-7-18(12)9-13-16-14(17-19-13)11-5-8-20-10-11;/h5,8,10,12H,1-4,6-7,9,15H2;1H. The van der Waals surface area contributed by atoms with Gasteiger partial charge in [0.2, 0.25) is 11.7 Å². The van der Waals surface area contributed by atoms with Crippen LogP contribution < -0.4 is 5.73 Å². The first-order valence-corrected chi connectivity index (χ1v) is 8.10. The zero-order valence-corrected chi connectivity index (χ0v) is 13.5.